The van der Waals surface area contributed by atoms with Gasteiger partial charge in [-0.1, -0.05) is 66.2 Å². The molecule has 0 spiro atoms. The summed E-state index contributed by atoms with van der Waals surface area (Å²) in [5, 5.41) is 23.4. The van der Waals surface area contributed by atoms with Crippen molar-refractivity contribution in [2.45, 2.75) is 69.4 Å². The lowest BCUT2D eigenvalue weighted by Gasteiger charge is -2.31. The van der Waals surface area contributed by atoms with Gasteiger partial charge in [-0.25, -0.2) is 8.42 Å². The van der Waals surface area contributed by atoms with Gasteiger partial charge in [0, 0.05) is 32.1 Å². The number of nitrogens with zero attached hydrogens (tertiary/aromatic N) is 1. The van der Waals surface area contributed by atoms with Crippen LogP contribution in [0.2, 0.25) is 5.02 Å². The molecule has 0 unspecified atom stereocenters. The van der Waals surface area contributed by atoms with Crippen molar-refractivity contribution in [3.05, 3.63) is 87.9 Å². The predicted octanol–water partition coefficient (Wildman–Crippen LogP) is 5.49. The molecule has 0 fully saturated rings. The standard InChI is InChI=1S/C33H41ClN2O5S/c1-22-29(27-11-7-8-23(16-27)12-15-31(38)39)13-14-30(34)32(22)42(40,41)36(4)21-28(37)20-35-33(2,3)19-24-17-25-9-5-6-10-26(25)18-24/h5-11,13-14,16,24,28,35,37H,12,15,17-21H2,1-4H3,(H,38,39)/t28-/m1/s1. The summed E-state index contributed by atoms with van der Waals surface area (Å²) < 4.78 is 28.6. The lowest BCUT2D eigenvalue weighted by Crippen LogP contribution is -2.47. The van der Waals surface area contributed by atoms with Gasteiger partial charge in [-0.05, 0) is 91.8 Å². The topological polar surface area (TPSA) is 107 Å². The zero-order chi connectivity index (χ0) is 30.7. The highest BCUT2D eigenvalue weighted by molar-refractivity contribution is 7.89. The predicted molar refractivity (Wildman–Crippen MR) is 167 cm³/mol. The molecule has 3 aromatic carbocycles. The van der Waals surface area contributed by atoms with Gasteiger partial charge < -0.3 is 15.5 Å². The number of carboxylic acids is 1. The number of rotatable bonds is 13. The van der Waals surface area contributed by atoms with Gasteiger partial charge in [0.2, 0.25) is 10.0 Å². The monoisotopic (exact) mass is 612 g/mol. The van der Waals surface area contributed by atoms with E-state index in [1.165, 1.54) is 18.2 Å². The van der Waals surface area contributed by atoms with Crippen LogP contribution in [0.4, 0.5) is 0 Å². The van der Waals surface area contributed by atoms with E-state index in [9.17, 15) is 18.3 Å². The molecule has 0 amide bonds. The minimum Gasteiger partial charge on any atom is -0.481 e. The smallest absolute Gasteiger partial charge is 0.303 e. The molecule has 0 saturated heterocycles. The molecule has 3 aromatic rings. The number of likely N-dealkylation sites (N-methyl/N-ethyl adjacent to an activating group) is 1. The third kappa shape index (κ3) is 7.79. The maximum absolute atomic E-state index is 13.7. The Hall–Kier alpha value is -2.75. The highest BCUT2D eigenvalue weighted by atomic mass is 35.5. The Morgan fingerprint density at radius 2 is 1.76 bits per heavy atom. The molecule has 0 aromatic heterocycles. The number of aliphatic carboxylic acids is 1. The number of hydrogen-bond donors (Lipinski definition) is 3. The molecule has 226 valence electrons. The van der Waals surface area contributed by atoms with Crippen LogP contribution in [-0.2, 0) is 34.1 Å². The van der Waals surface area contributed by atoms with Crippen molar-refractivity contribution in [3.8, 4) is 11.1 Å². The molecule has 0 radical (unpaired) electrons. The molecule has 0 saturated carbocycles. The number of carboxylic acid groups (broad SMARTS) is 1. The summed E-state index contributed by atoms with van der Waals surface area (Å²) in [6.45, 7) is 6.12. The number of nitrogens with one attached hydrogen (secondary N) is 1. The van der Waals surface area contributed by atoms with E-state index < -0.39 is 22.1 Å². The fraction of sp³-hybridized carbons (Fsp3) is 0.424. The lowest BCUT2D eigenvalue weighted by atomic mass is 9.88. The molecule has 1 aliphatic rings. The molecule has 3 N–H and O–H groups in total. The van der Waals surface area contributed by atoms with Gasteiger partial charge in [0.25, 0.3) is 0 Å². The van der Waals surface area contributed by atoms with E-state index in [1.807, 2.05) is 24.3 Å². The molecule has 0 bridgehead atoms. The average Bonchev–Trinajstić information content (AvgIpc) is 3.32. The summed E-state index contributed by atoms with van der Waals surface area (Å²) >= 11 is 6.46. The second kappa shape index (κ2) is 13.3. The van der Waals surface area contributed by atoms with E-state index in [1.54, 1.807) is 19.1 Å². The van der Waals surface area contributed by atoms with Gasteiger partial charge in [0.05, 0.1) is 11.1 Å². The van der Waals surface area contributed by atoms with Crippen LogP contribution < -0.4 is 5.32 Å². The van der Waals surface area contributed by atoms with Gasteiger partial charge in [-0.2, -0.15) is 4.31 Å². The van der Waals surface area contributed by atoms with Crippen LogP contribution in [0.1, 0.15) is 48.9 Å². The van der Waals surface area contributed by atoms with Crippen molar-refractivity contribution in [3.63, 3.8) is 0 Å². The molecule has 0 heterocycles. The number of benzene rings is 3. The minimum absolute atomic E-state index is 0.00129. The first-order valence-corrected chi connectivity index (χ1v) is 16.1. The van der Waals surface area contributed by atoms with Crippen LogP contribution in [0, 0.1) is 12.8 Å². The van der Waals surface area contributed by atoms with Gasteiger partial charge in [-0.3, -0.25) is 4.79 Å². The number of carbonyl (C=O) groups is 1. The second-order valence-corrected chi connectivity index (χ2v) is 14.5. The Labute approximate surface area is 254 Å². The minimum atomic E-state index is -4.02. The van der Waals surface area contributed by atoms with E-state index >= 15 is 0 Å². The number of halogens is 1. The van der Waals surface area contributed by atoms with Crippen molar-refractivity contribution in [1.82, 2.24) is 9.62 Å². The summed E-state index contributed by atoms with van der Waals surface area (Å²) in [7, 11) is -2.57. The van der Waals surface area contributed by atoms with Crippen LogP contribution in [0.15, 0.2) is 65.6 Å². The largest absolute Gasteiger partial charge is 0.481 e. The highest BCUT2D eigenvalue weighted by Gasteiger charge is 2.31. The van der Waals surface area contributed by atoms with E-state index in [-0.39, 0.29) is 35.0 Å². The summed E-state index contributed by atoms with van der Waals surface area (Å²) in [4.78, 5) is 11.0. The van der Waals surface area contributed by atoms with Crippen LogP contribution in [0.25, 0.3) is 11.1 Å². The summed E-state index contributed by atoms with van der Waals surface area (Å²) in [6, 6.07) is 19.3. The van der Waals surface area contributed by atoms with E-state index in [0.29, 0.717) is 23.5 Å². The van der Waals surface area contributed by atoms with Gasteiger partial charge >= 0.3 is 5.97 Å². The Balaban J connectivity index is 1.41. The summed E-state index contributed by atoms with van der Waals surface area (Å²) in [5.74, 6) is -0.347. The SMILES string of the molecule is Cc1c(-c2cccc(CCC(=O)O)c2)ccc(Cl)c1S(=O)(=O)N(C)C[C@H](O)CNC(C)(C)CC1Cc2ccccc2C1. The molecule has 1 atom stereocenters. The van der Waals surface area contributed by atoms with Gasteiger partial charge in [0.15, 0.2) is 0 Å². The van der Waals surface area contributed by atoms with Crippen LogP contribution in [0.3, 0.4) is 0 Å². The maximum Gasteiger partial charge on any atom is 0.303 e. The van der Waals surface area contributed by atoms with Crippen molar-refractivity contribution in [1.29, 1.82) is 0 Å². The Bertz CT molecular complexity index is 1510. The van der Waals surface area contributed by atoms with Crippen molar-refractivity contribution in [2.75, 3.05) is 20.1 Å². The maximum atomic E-state index is 13.7. The van der Waals surface area contributed by atoms with Gasteiger partial charge in [-0.15, -0.1) is 0 Å². The Kier molecular flexibility index (Phi) is 10.2. The third-order valence-electron chi connectivity index (χ3n) is 8.11. The normalized spacial score (nSPS) is 14.7. The zero-order valence-corrected chi connectivity index (χ0v) is 26.3. The van der Waals surface area contributed by atoms with E-state index in [2.05, 4.69) is 43.4 Å². The zero-order valence-electron chi connectivity index (χ0n) is 24.7. The van der Waals surface area contributed by atoms with E-state index in [4.69, 9.17) is 16.7 Å². The number of hydrogen-bond acceptors (Lipinski definition) is 5. The van der Waals surface area contributed by atoms with Crippen LogP contribution in [0.5, 0.6) is 0 Å². The quantitative estimate of drug-likeness (QED) is 0.236. The third-order valence-corrected chi connectivity index (χ3v) is 10.5. The molecule has 1 aliphatic carbocycles. The van der Waals surface area contributed by atoms with Crippen molar-refractivity contribution >= 4 is 27.6 Å². The number of sulfonamides is 1. The first kappa shape index (κ1) is 32.2. The molecular weight excluding hydrogens is 572 g/mol. The molecule has 7 nitrogen and oxygen atoms in total. The summed E-state index contributed by atoms with van der Waals surface area (Å²) in [5.41, 5.74) is 5.42. The number of fused-ring (bicyclic) bond motifs is 1. The van der Waals surface area contributed by atoms with Crippen LogP contribution >= 0.6 is 11.6 Å². The first-order valence-electron chi connectivity index (χ1n) is 14.3. The molecular formula is C33H41ClN2O5S. The van der Waals surface area contributed by atoms with E-state index in [0.717, 1.165) is 34.7 Å². The first-order chi connectivity index (χ1) is 19.8. The second-order valence-electron chi connectivity index (χ2n) is 12.1. The fourth-order valence-electron chi connectivity index (χ4n) is 6.03. The summed E-state index contributed by atoms with van der Waals surface area (Å²) in [6.07, 6.45) is 2.52. The fourth-order valence-corrected chi connectivity index (χ4v) is 8.02. The number of β-amino-alcohol motifs (C(OH)–C–C–N with tert-alkyl or cyclic N) is 1. The van der Waals surface area contributed by atoms with Crippen LogP contribution in [-0.4, -0.2) is 60.7 Å². The molecule has 0 aliphatic heterocycles. The van der Waals surface area contributed by atoms with Crippen molar-refractivity contribution in [2.24, 2.45) is 5.92 Å². The number of aliphatic hydroxyl groups excluding tert-OH is 1. The molecule has 42 heavy (non-hydrogen) atoms. The number of aliphatic hydroxyl groups is 1. The average molecular weight is 613 g/mol. The lowest BCUT2D eigenvalue weighted by molar-refractivity contribution is -0.136. The molecule has 4 rings (SSSR count). The number of aryl methyl sites for hydroxylation is 1. The molecule has 9 heteroatoms. The highest BCUT2D eigenvalue weighted by Crippen LogP contribution is 2.35. The van der Waals surface area contributed by atoms with Gasteiger partial charge in [0.1, 0.15) is 4.90 Å². The Morgan fingerprint density at radius 3 is 2.40 bits per heavy atom. The Morgan fingerprint density at radius 1 is 1.10 bits per heavy atom. The van der Waals surface area contributed by atoms with Crippen molar-refractivity contribution < 1.29 is 23.4 Å².